The molecule has 1 aliphatic carbocycles. The number of nitrogens with zero attached hydrogens (tertiary/aromatic N) is 2. The van der Waals surface area contributed by atoms with Gasteiger partial charge in [0, 0.05) is 18.3 Å². The van der Waals surface area contributed by atoms with Gasteiger partial charge in [0.15, 0.2) is 0 Å². The summed E-state index contributed by atoms with van der Waals surface area (Å²) in [6.07, 6.45) is 8.13. The average Bonchev–Trinajstić information content (AvgIpc) is 3.21. The van der Waals surface area contributed by atoms with Crippen LogP contribution in [0.1, 0.15) is 49.9 Å². The molecule has 0 atom stereocenters. The molecule has 0 aliphatic heterocycles. The highest BCUT2D eigenvalue weighted by Gasteiger charge is 2.19. The first kappa shape index (κ1) is 15.5. The smallest absolute Gasteiger partial charge is 0.0547 e. The summed E-state index contributed by atoms with van der Waals surface area (Å²) in [7, 11) is 2.19. The van der Waals surface area contributed by atoms with E-state index in [9.17, 15) is 0 Å². The van der Waals surface area contributed by atoms with Crippen molar-refractivity contribution >= 4 is 0 Å². The van der Waals surface area contributed by atoms with Crippen LogP contribution in [-0.2, 0) is 6.54 Å². The summed E-state index contributed by atoms with van der Waals surface area (Å²) < 4.78 is 0. The van der Waals surface area contributed by atoms with Gasteiger partial charge in [-0.25, -0.2) is 0 Å². The second kappa shape index (κ2) is 8.38. The van der Waals surface area contributed by atoms with E-state index >= 15 is 0 Å². The third-order valence-corrected chi connectivity index (χ3v) is 3.85. The van der Waals surface area contributed by atoms with E-state index in [0.29, 0.717) is 0 Å². The van der Waals surface area contributed by atoms with Gasteiger partial charge in [-0.1, -0.05) is 18.9 Å². The summed E-state index contributed by atoms with van der Waals surface area (Å²) in [5.41, 5.74) is 2.29. The summed E-state index contributed by atoms with van der Waals surface area (Å²) in [6.45, 7) is 5.41. The molecular weight excluding hydrogens is 246 g/mol. The van der Waals surface area contributed by atoms with Crippen molar-refractivity contribution < 1.29 is 0 Å². The molecule has 0 saturated heterocycles. The molecule has 112 valence electrons. The lowest BCUT2D eigenvalue weighted by molar-refractivity contribution is 0.313. The van der Waals surface area contributed by atoms with Gasteiger partial charge in [-0.2, -0.15) is 0 Å². The van der Waals surface area contributed by atoms with E-state index in [1.165, 1.54) is 57.3 Å². The molecule has 1 heterocycles. The second-order valence-electron chi connectivity index (χ2n) is 6.15. The van der Waals surface area contributed by atoms with Crippen molar-refractivity contribution in [1.82, 2.24) is 15.2 Å². The first-order chi connectivity index (χ1) is 9.74. The van der Waals surface area contributed by atoms with Crippen LogP contribution in [0.3, 0.4) is 0 Å². The van der Waals surface area contributed by atoms with Crippen molar-refractivity contribution in [1.29, 1.82) is 0 Å². The maximum Gasteiger partial charge on any atom is 0.0547 e. The number of aromatic nitrogens is 1. The van der Waals surface area contributed by atoms with Crippen LogP contribution in [0.15, 0.2) is 18.2 Å². The molecular formula is C17H29N3. The maximum absolute atomic E-state index is 4.55. The number of hydrogen-bond donors (Lipinski definition) is 1. The second-order valence-corrected chi connectivity index (χ2v) is 6.15. The SMILES string of the molecule is Cc1cccc(CN(C)CCCCCCNC2CC2)n1. The quantitative estimate of drug-likeness (QED) is 0.665. The van der Waals surface area contributed by atoms with Gasteiger partial charge >= 0.3 is 0 Å². The Kier molecular flexibility index (Phi) is 6.48. The van der Waals surface area contributed by atoms with Crippen molar-refractivity contribution in [3.05, 3.63) is 29.6 Å². The Labute approximate surface area is 123 Å². The molecule has 1 aromatic rings. The van der Waals surface area contributed by atoms with Crippen LogP contribution in [0.4, 0.5) is 0 Å². The van der Waals surface area contributed by atoms with E-state index in [1.807, 2.05) is 0 Å². The lowest BCUT2D eigenvalue weighted by Crippen LogP contribution is -2.20. The third kappa shape index (κ3) is 6.49. The summed E-state index contributed by atoms with van der Waals surface area (Å²) in [5.74, 6) is 0. The minimum absolute atomic E-state index is 0.864. The predicted octanol–water partition coefficient (Wildman–Crippen LogP) is 3.13. The van der Waals surface area contributed by atoms with E-state index in [-0.39, 0.29) is 0 Å². The zero-order valence-corrected chi connectivity index (χ0v) is 13.1. The zero-order valence-electron chi connectivity index (χ0n) is 13.1. The Balaban J connectivity index is 1.48. The molecule has 1 N–H and O–H groups in total. The van der Waals surface area contributed by atoms with E-state index in [4.69, 9.17) is 0 Å². The Morgan fingerprint density at radius 1 is 1.20 bits per heavy atom. The zero-order chi connectivity index (χ0) is 14.2. The topological polar surface area (TPSA) is 28.2 Å². The van der Waals surface area contributed by atoms with Gasteiger partial charge in [-0.05, 0) is 64.9 Å². The summed E-state index contributed by atoms with van der Waals surface area (Å²) >= 11 is 0. The van der Waals surface area contributed by atoms with Crippen molar-refractivity contribution in [3.63, 3.8) is 0 Å². The molecule has 0 bridgehead atoms. The highest BCUT2D eigenvalue weighted by atomic mass is 15.1. The van der Waals surface area contributed by atoms with Gasteiger partial charge in [0.1, 0.15) is 0 Å². The molecule has 0 unspecified atom stereocenters. The number of unbranched alkanes of at least 4 members (excludes halogenated alkanes) is 3. The van der Waals surface area contributed by atoms with Gasteiger partial charge in [0.05, 0.1) is 5.69 Å². The molecule has 0 aromatic carbocycles. The number of rotatable bonds is 10. The number of aryl methyl sites for hydroxylation is 1. The van der Waals surface area contributed by atoms with Gasteiger partial charge in [0.25, 0.3) is 0 Å². The van der Waals surface area contributed by atoms with Crippen LogP contribution in [0.5, 0.6) is 0 Å². The molecule has 0 amide bonds. The number of pyridine rings is 1. The van der Waals surface area contributed by atoms with E-state index in [1.54, 1.807) is 0 Å². The molecule has 1 aromatic heterocycles. The Morgan fingerprint density at radius 2 is 2.00 bits per heavy atom. The Hall–Kier alpha value is -0.930. The van der Waals surface area contributed by atoms with Gasteiger partial charge in [-0.15, -0.1) is 0 Å². The summed E-state index contributed by atoms with van der Waals surface area (Å²) in [6, 6.07) is 7.13. The van der Waals surface area contributed by atoms with Crippen LogP contribution in [0, 0.1) is 6.92 Å². The van der Waals surface area contributed by atoms with E-state index < -0.39 is 0 Å². The molecule has 1 aliphatic rings. The molecule has 2 rings (SSSR count). The van der Waals surface area contributed by atoms with Crippen LogP contribution < -0.4 is 5.32 Å². The maximum atomic E-state index is 4.55. The lowest BCUT2D eigenvalue weighted by atomic mass is 10.2. The standard InChI is InChI=1S/C17H29N3/c1-15-8-7-9-17(19-15)14-20(2)13-6-4-3-5-12-18-16-10-11-16/h7-9,16,18H,3-6,10-14H2,1-2H3. The third-order valence-electron chi connectivity index (χ3n) is 3.85. The monoisotopic (exact) mass is 275 g/mol. The summed E-state index contributed by atoms with van der Waals surface area (Å²) in [4.78, 5) is 6.93. The van der Waals surface area contributed by atoms with Crippen molar-refractivity contribution in [2.24, 2.45) is 0 Å². The van der Waals surface area contributed by atoms with Gasteiger partial charge in [-0.3, -0.25) is 4.98 Å². The van der Waals surface area contributed by atoms with E-state index in [0.717, 1.165) is 18.3 Å². The first-order valence-corrected chi connectivity index (χ1v) is 8.08. The van der Waals surface area contributed by atoms with Gasteiger partial charge < -0.3 is 10.2 Å². The molecule has 0 spiro atoms. The Bertz CT molecular complexity index is 388. The first-order valence-electron chi connectivity index (χ1n) is 8.08. The van der Waals surface area contributed by atoms with E-state index in [2.05, 4.69) is 47.4 Å². The minimum atomic E-state index is 0.864. The van der Waals surface area contributed by atoms with Crippen molar-refractivity contribution in [2.45, 2.75) is 58.0 Å². The molecule has 3 heteroatoms. The van der Waals surface area contributed by atoms with Crippen molar-refractivity contribution in [3.8, 4) is 0 Å². The fourth-order valence-electron chi connectivity index (χ4n) is 2.50. The lowest BCUT2D eigenvalue weighted by Gasteiger charge is -2.16. The molecule has 3 nitrogen and oxygen atoms in total. The fraction of sp³-hybridized carbons (Fsp3) is 0.706. The van der Waals surface area contributed by atoms with Crippen LogP contribution in [0.2, 0.25) is 0 Å². The fourth-order valence-corrected chi connectivity index (χ4v) is 2.50. The van der Waals surface area contributed by atoms with Crippen molar-refractivity contribution in [2.75, 3.05) is 20.1 Å². The molecule has 1 fully saturated rings. The highest BCUT2D eigenvalue weighted by molar-refractivity contribution is 5.09. The largest absolute Gasteiger partial charge is 0.314 e. The normalized spacial score (nSPS) is 14.9. The average molecular weight is 275 g/mol. The van der Waals surface area contributed by atoms with Crippen LogP contribution >= 0.6 is 0 Å². The predicted molar refractivity (Wildman–Crippen MR) is 84.8 cm³/mol. The Morgan fingerprint density at radius 3 is 2.75 bits per heavy atom. The number of nitrogens with one attached hydrogen (secondary N) is 1. The number of hydrogen-bond acceptors (Lipinski definition) is 3. The van der Waals surface area contributed by atoms with Gasteiger partial charge in [0.2, 0.25) is 0 Å². The molecule has 1 saturated carbocycles. The molecule has 20 heavy (non-hydrogen) atoms. The summed E-state index contributed by atoms with van der Waals surface area (Å²) in [5, 5.41) is 3.58. The minimum Gasteiger partial charge on any atom is -0.314 e. The highest BCUT2D eigenvalue weighted by Crippen LogP contribution is 2.18. The molecule has 0 radical (unpaired) electrons. The van der Waals surface area contributed by atoms with Crippen LogP contribution in [0.25, 0.3) is 0 Å². The van der Waals surface area contributed by atoms with Crippen LogP contribution in [-0.4, -0.2) is 36.1 Å².